The number of nitrogens with one attached hydrogen (secondary N) is 1. The van der Waals surface area contributed by atoms with E-state index in [1.807, 2.05) is 0 Å². The Kier molecular flexibility index (Phi) is 5.30. The summed E-state index contributed by atoms with van der Waals surface area (Å²) in [5.74, 6) is 0.952. The third-order valence-corrected chi connectivity index (χ3v) is 4.71. The molecule has 3 unspecified atom stereocenters. The van der Waals surface area contributed by atoms with Crippen LogP contribution < -0.4 is 5.32 Å². The normalized spacial score (nSPS) is 36.7. The van der Waals surface area contributed by atoms with Crippen LogP contribution in [-0.2, 0) is 0 Å². The number of rotatable bonds is 3. The van der Waals surface area contributed by atoms with Crippen LogP contribution in [0.2, 0.25) is 0 Å². The van der Waals surface area contributed by atoms with E-state index in [-0.39, 0.29) is 0 Å². The molecule has 100 valence electrons. The second-order valence-electron chi connectivity index (χ2n) is 6.15. The summed E-state index contributed by atoms with van der Waals surface area (Å²) < 4.78 is 0. The Morgan fingerprint density at radius 2 is 1.94 bits per heavy atom. The van der Waals surface area contributed by atoms with Gasteiger partial charge in [0.25, 0.3) is 0 Å². The molecule has 0 aromatic carbocycles. The quantitative estimate of drug-likeness (QED) is 0.813. The number of hydrogen-bond donors (Lipinski definition) is 1. The monoisotopic (exact) mass is 238 g/mol. The lowest BCUT2D eigenvalue weighted by Crippen LogP contribution is -2.44. The number of hydrogen-bond acceptors (Lipinski definition) is 2. The Morgan fingerprint density at radius 3 is 2.76 bits per heavy atom. The van der Waals surface area contributed by atoms with E-state index < -0.39 is 0 Å². The minimum Gasteiger partial charge on any atom is -0.314 e. The highest BCUT2D eigenvalue weighted by molar-refractivity contribution is 4.85. The summed E-state index contributed by atoms with van der Waals surface area (Å²) in [5, 5.41) is 3.65. The smallest absolute Gasteiger partial charge is 0.0110 e. The molecule has 0 aromatic rings. The van der Waals surface area contributed by atoms with Crippen molar-refractivity contribution < 1.29 is 0 Å². The molecule has 1 saturated heterocycles. The molecule has 2 rings (SSSR count). The summed E-state index contributed by atoms with van der Waals surface area (Å²) in [7, 11) is 0. The van der Waals surface area contributed by atoms with Crippen molar-refractivity contribution in [2.24, 2.45) is 5.92 Å². The largest absolute Gasteiger partial charge is 0.314 e. The zero-order valence-corrected chi connectivity index (χ0v) is 11.8. The van der Waals surface area contributed by atoms with Gasteiger partial charge in [-0.2, -0.15) is 0 Å². The molecule has 0 radical (unpaired) electrons. The fraction of sp³-hybridized carbons (Fsp3) is 1.00. The zero-order valence-electron chi connectivity index (χ0n) is 11.8. The highest BCUT2D eigenvalue weighted by Gasteiger charge is 2.27. The number of nitrogens with zero attached hydrogens (tertiary/aromatic N) is 1. The van der Waals surface area contributed by atoms with Crippen LogP contribution in [0.4, 0.5) is 0 Å². The van der Waals surface area contributed by atoms with Crippen molar-refractivity contribution in [3.8, 4) is 0 Å². The van der Waals surface area contributed by atoms with Crippen LogP contribution in [-0.4, -0.2) is 36.6 Å². The molecule has 2 fully saturated rings. The van der Waals surface area contributed by atoms with Crippen molar-refractivity contribution in [2.45, 2.75) is 70.9 Å². The lowest BCUT2D eigenvalue weighted by molar-refractivity contribution is 0.143. The fourth-order valence-corrected chi connectivity index (χ4v) is 3.62. The molecule has 3 atom stereocenters. The van der Waals surface area contributed by atoms with Gasteiger partial charge in [-0.3, -0.25) is 0 Å². The highest BCUT2D eigenvalue weighted by Crippen LogP contribution is 2.26. The van der Waals surface area contributed by atoms with E-state index in [2.05, 4.69) is 24.1 Å². The van der Waals surface area contributed by atoms with Gasteiger partial charge in [-0.05, 0) is 64.1 Å². The third kappa shape index (κ3) is 3.96. The predicted octanol–water partition coefficient (Wildman–Crippen LogP) is 3.03. The summed E-state index contributed by atoms with van der Waals surface area (Å²) in [4.78, 5) is 2.80. The van der Waals surface area contributed by atoms with Gasteiger partial charge in [-0.25, -0.2) is 0 Å². The van der Waals surface area contributed by atoms with Crippen LogP contribution in [0.3, 0.4) is 0 Å². The average molecular weight is 238 g/mol. The predicted molar refractivity (Wildman–Crippen MR) is 74.3 cm³/mol. The van der Waals surface area contributed by atoms with Gasteiger partial charge in [0.2, 0.25) is 0 Å². The molecule has 1 saturated carbocycles. The van der Waals surface area contributed by atoms with Crippen LogP contribution in [0.5, 0.6) is 0 Å². The highest BCUT2D eigenvalue weighted by atomic mass is 15.2. The molecular weight excluding hydrogens is 208 g/mol. The molecule has 0 bridgehead atoms. The zero-order chi connectivity index (χ0) is 12.1. The topological polar surface area (TPSA) is 15.3 Å². The van der Waals surface area contributed by atoms with Crippen molar-refractivity contribution in [2.75, 3.05) is 19.6 Å². The first-order valence-electron chi connectivity index (χ1n) is 7.77. The van der Waals surface area contributed by atoms with Crippen molar-refractivity contribution >= 4 is 0 Å². The second-order valence-corrected chi connectivity index (χ2v) is 6.15. The summed E-state index contributed by atoms with van der Waals surface area (Å²) in [5.41, 5.74) is 0. The molecule has 2 nitrogen and oxygen atoms in total. The summed E-state index contributed by atoms with van der Waals surface area (Å²) in [6.07, 6.45) is 9.94. The van der Waals surface area contributed by atoms with E-state index >= 15 is 0 Å². The van der Waals surface area contributed by atoms with Crippen LogP contribution in [0.15, 0.2) is 0 Å². The molecule has 1 aliphatic carbocycles. The minimum atomic E-state index is 0.791. The van der Waals surface area contributed by atoms with Crippen LogP contribution in [0.25, 0.3) is 0 Å². The Balaban J connectivity index is 1.83. The van der Waals surface area contributed by atoms with Crippen LogP contribution in [0, 0.1) is 5.92 Å². The Hall–Kier alpha value is -0.0800. The first kappa shape index (κ1) is 13.4. The second kappa shape index (κ2) is 6.75. The van der Waals surface area contributed by atoms with Crippen LogP contribution in [0.1, 0.15) is 58.8 Å². The van der Waals surface area contributed by atoms with Gasteiger partial charge in [-0.1, -0.05) is 20.3 Å². The maximum atomic E-state index is 3.65. The maximum Gasteiger partial charge on any atom is 0.0110 e. The Bertz CT molecular complexity index is 215. The third-order valence-electron chi connectivity index (χ3n) is 4.71. The van der Waals surface area contributed by atoms with E-state index in [1.165, 1.54) is 58.0 Å². The Labute approximate surface area is 107 Å². The van der Waals surface area contributed by atoms with Gasteiger partial charge < -0.3 is 10.2 Å². The first-order valence-corrected chi connectivity index (χ1v) is 7.77. The average Bonchev–Trinajstić information content (AvgIpc) is 2.55. The van der Waals surface area contributed by atoms with Crippen molar-refractivity contribution in [1.29, 1.82) is 0 Å². The first-order chi connectivity index (χ1) is 8.29. The molecular formula is C15H30N2. The molecule has 1 N–H and O–H groups in total. The van der Waals surface area contributed by atoms with E-state index in [1.54, 1.807) is 0 Å². The lowest BCUT2D eigenvalue weighted by Gasteiger charge is -2.37. The summed E-state index contributed by atoms with van der Waals surface area (Å²) >= 11 is 0. The van der Waals surface area contributed by atoms with E-state index in [9.17, 15) is 0 Å². The van der Waals surface area contributed by atoms with Gasteiger partial charge in [-0.15, -0.1) is 0 Å². The molecule has 0 spiro atoms. The maximum absolute atomic E-state index is 3.65. The standard InChI is InChI=1S/C15H30N2/c1-3-16-14-7-4-8-15(12-14)17-10-5-6-13(2)9-11-17/h13-16H,3-12H2,1-2H3. The fourth-order valence-electron chi connectivity index (χ4n) is 3.62. The van der Waals surface area contributed by atoms with Crippen molar-refractivity contribution in [1.82, 2.24) is 10.2 Å². The SMILES string of the molecule is CCNC1CCCC(N2CCCC(C)CC2)C1. The van der Waals surface area contributed by atoms with Gasteiger partial charge >= 0.3 is 0 Å². The van der Waals surface area contributed by atoms with Crippen molar-refractivity contribution in [3.63, 3.8) is 0 Å². The molecule has 1 heterocycles. The summed E-state index contributed by atoms with van der Waals surface area (Å²) in [6.45, 7) is 8.50. The molecule has 0 aromatic heterocycles. The number of likely N-dealkylation sites (tertiary alicyclic amines) is 1. The molecule has 0 amide bonds. The van der Waals surface area contributed by atoms with E-state index in [0.29, 0.717) is 0 Å². The molecule has 2 heteroatoms. The van der Waals surface area contributed by atoms with Gasteiger partial charge in [0, 0.05) is 12.1 Å². The Morgan fingerprint density at radius 1 is 1.06 bits per heavy atom. The summed E-state index contributed by atoms with van der Waals surface area (Å²) in [6, 6.07) is 1.66. The van der Waals surface area contributed by atoms with E-state index in [4.69, 9.17) is 0 Å². The van der Waals surface area contributed by atoms with Gasteiger partial charge in [0.1, 0.15) is 0 Å². The van der Waals surface area contributed by atoms with Gasteiger partial charge in [0.15, 0.2) is 0 Å². The van der Waals surface area contributed by atoms with Crippen LogP contribution >= 0.6 is 0 Å². The molecule has 2 aliphatic rings. The lowest BCUT2D eigenvalue weighted by atomic mass is 9.89. The van der Waals surface area contributed by atoms with Crippen molar-refractivity contribution in [3.05, 3.63) is 0 Å². The molecule has 17 heavy (non-hydrogen) atoms. The minimum absolute atomic E-state index is 0.791. The van der Waals surface area contributed by atoms with E-state index in [0.717, 1.165) is 24.5 Å². The molecule has 1 aliphatic heterocycles. The van der Waals surface area contributed by atoms with Gasteiger partial charge in [0.05, 0.1) is 0 Å².